The Hall–Kier alpha value is -1.43. The minimum absolute atomic E-state index is 0. The van der Waals surface area contributed by atoms with Gasteiger partial charge in [0, 0.05) is 29.8 Å². The number of carbonyl (C=O) groups excluding carboxylic acids is 1. The smallest absolute Gasteiger partial charge is 0.223 e. The molecule has 1 amide bonds. The normalized spacial score (nSPS) is 20.7. The SMILES string of the molecule is Cl.O=C(NCCc1csc(-c2ccccc2)n1)C1CC12CCNCC2. The Kier molecular flexibility index (Phi) is 5.77. The molecular formula is C19H24ClN3OS. The monoisotopic (exact) mass is 377 g/mol. The van der Waals surface area contributed by atoms with Crippen molar-refractivity contribution >= 4 is 29.7 Å². The molecule has 2 aliphatic rings. The highest BCUT2D eigenvalue weighted by Crippen LogP contribution is 2.58. The molecule has 0 radical (unpaired) electrons. The van der Waals surface area contributed by atoms with Crippen LogP contribution in [-0.2, 0) is 11.2 Å². The maximum atomic E-state index is 12.3. The summed E-state index contributed by atoms with van der Waals surface area (Å²) in [7, 11) is 0. The number of nitrogens with one attached hydrogen (secondary N) is 2. The second-order valence-corrected chi connectivity index (χ2v) is 7.78. The Morgan fingerprint density at radius 3 is 2.80 bits per heavy atom. The molecule has 6 heteroatoms. The van der Waals surface area contributed by atoms with E-state index in [9.17, 15) is 4.79 Å². The molecule has 25 heavy (non-hydrogen) atoms. The maximum Gasteiger partial charge on any atom is 0.223 e. The summed E-state index contributed by atoms with van der Waals surface area (Å²) >= 11 is 1.67. The Balaban J connectivity index is 0.00000182. The first-order valence-corrected chi connectivity index (χ1v) is 9.63. The number of nitrogens with zero attached hydrogens (tertiary/aromatic N) is 1. The van der Waals surface area contributed by atoms with Crippen LogP contribution in [0.2, 0.25) is 0 Å². The van der Waals surface area contributed by atoms with Crippen molar-refractivity contribution in [2.45, 2.75) is 25.7 Å². The molecular weight excluding hydrogens is 354 g/mol. The van der Waals surface area contributed by atoms with Gasteiger partial charge in [-0.2, -0.15) is 0 Å². The van der Waals surface area contributed by atoms with E-state index < -0.39 is 0 Å². The summed E-state index contributed by atoms with van der Waals surface area (Å²) in [5.74, 6) is 0.491. The van der Waals surface area contributed by atoms with Gasteiger partial charge in [-0.05, 0) is 37.8 Å². The van der Waals surface area contributed by atoms with Crippen LogP contribution < -0.4 is 10.6 Å². The van der Waals surface area contributed by atoms with E-state index in [0.717, 1.165) is 55.0 Å². The predicted octanol–water partition coefficient (Wildman–Crippen LogP) is 3.28. The van der Waals surface area contributed by atoms with Crippen LogP contribution in [0, 0.1) is 11.3 Å². The molecule has 1 atom stereocenters. The number of hydrogen-bond acceptors (Lipinski definition) is 4. The number of hydrogen-bond donors (Lipinski definition) is 2. The average molecular weight is 378 g/mol. The second kappa shape index (κ2) is 7.85. The first-order chi connectivity index (χ1) is 11.8. The lowest BCUT2D eigenvalue weighted by atomic mass is 9.92. The number of rotatable bonds is 5. The van der Waals surface area contributed by atoms with Gasteiger partial charge < -0.3 is 10.6 Å². The third-order valence-corrected chi connectivity index (χ3v) is 6.30. The lowest BCUT2D eigenvalue weighted by Gasteiger charge is -2.23. The number of piperidine rings is 1. The molecule has 1 aromatic heterocycles. The molecule has 134 valence electrons. The van der Waals surface area contributed by atoms with E-state index >= 15 is 0 Å². The molecule has 1 aliphatic heterocycles. The van der Waals surface area contributed by atoms with Crippen molar-refractivity contribution in [3.63, 3.8) is 0 Å². The highest BCUT2D eigenvalue weighted by molar-refractivity contribution is 7.13. The Morgan fingerprint density at radius 1 is 1.28 bits per heavy atom. The summed E-state index contributed by atoms with van der Waals surface area (Å²) in [6.07, 6.45) is 4.18. The van der Waals surface area contributed by atoms with Crippen LogP contribution in [0.25, 0.3) is 10.6 Å². The van der Waals surface area contributed by atoms with Crippen molar-refractivity contribution in [3.8, 4) is 10.6 Å². The lowest BCUT2D eigenvalue weighted by Crippen LogP contribution is -2.34. The maximum absolute atomic E-state index is 12.3. The van der Waals surface area contributed by atoms with Gasteiger partial charge in [0.05, 0.1) is 5.69 Å². The van der Waals surface area contributed by atoms with E-state index in [-0.39, 0.29) is 24.2 Å². The third-order valence-electron chi connectivity index (χ3n) is 5.36. The minimum atomic E-state index is 0. The van der Waals surface area contributed by atoms with E-state index in [2.05, 4.69) is 33.1 Å². The zero-order valence-corrected chi connectivity index (χ0v) is 15.8. The van der Waals surface area contributed by atoms with Crippen LogP contribution in [0.5, 0.6) is 0 Å². The van der Waals surface area contributed by atoms with Gasteiger partial charge in [0.2, 0.25) is 5.91 Å². The van der Waals surface area contributed by atoms with E-state index in [1.165, 1.54) is 0 Å². The first kappa shape index (κ1) is 18.4. The summed E-state index contributed by atoms with van der Waals surface area (Å²) in [6.45, 7) is 2.80. The molecule has 2 heterocycles. The molecule has 1 unspecified atom stereocenters. The van der Waals surface area contributed by atoms with Crippen LogP contribution in [0.4, 0.5) is 0 Å². The zero-order valence-electron chi connectivity index (χ0n) is 14.2. The van der Waals surface area contributed by atoms with E-state index in [1.54, 1.807) is 11.3 Å². The fourth-order valence-corrected chi connectivity index (χ4v) is 4.63. The van der Waals surface area contributed by atoms with Gasteiger partial charge in [0.1, 0.15) is 5.01 Å². The molecule has 2 fully saturated rings. The quantitative estimate of drug-likeness (QED) is 0.840. The Morgan fingerprint density at radius 2 is 2.04 bits per heavy atom. The van der Waals surface area contributed by atoms with Gasteiger partial charge in [0.25, 0.3) is 0 Å². The number of amides is 1. The Bertz CT molecular complexity index is 712. The van der Waals surface area contributed by atoms with Gasteiger partial charge in [-0.15, -0.1) is 23.7 Å². The minimum Gasteiger partial charge on any atom is -0.355 e. The van der Waals surface area contributed by atoms with Crippen LogP contribution in [0.3, 0.4) is 0 Å². The average Bonchev–Trinajstić information content (AvgIpc) is 3.10. The number of thiazole rings is 1. The topological polar surface area (TPSA) is 54.0 Å². The Labute approximate surface area is 158 Å². The third kappa shape index (κ3) is 4.05. The summed E-state index contributed by atoms with van der Waals surface area (Å²) in [4.78, 5) is 17.0. The van der Waals surface area contributed by atoms with Crippen molar-refractivity contribution < 1.29 is 4.79 Å². The van der Waals surface area contributed by atoms with Crippen molar-refractivity contribution in [1.82, 2.24) is 15.6 Å². The molecule has 1 spiro atoms. The molecule has 0 bridgehead atoms. The molecule has 2 aromatic rings. The van der Waals surface area contributed by atoms with Crippen molar-refractivity contribution in [2.24, 2.45) is 11.3 Å². The summed E-state index contributed by atoms with van der Waals surface area (Å²) in [6, 6.07) is 10.2. The lowest BCUT2D eigenvalue weighted by molar-refractivity contribution is -0.123. The summed E-state index contributed by atoms with van der Waals surface area (Å²) < 4.78 is 0. The second-order valence-electron chi connectivity index (χ2n) is 6.92. The highest BCUT2D eigenvalue weighted by Gasteiger charge is 2.57. The predicted molar refractivity (Wildman–Crippen MR) is 104 cm³/mol. The number of carbonyl (C=O) groups is 1. The van der Waals surface area contributed by atoms with Crippen molar-refractivity contribution in [3.05, 3.63) is 41.4 Å². The largest absolute Gasteiger partial charge is 0.355 e. The summed E-state index contributed by atoms with van der Waals surface area (Å²) in [5, 5.41) is 9.65. The number of benzene rings is 1. The van der Waals surface area contributed by atoms with Crippen LogP contribution in [0.1, 0.15) is 25.0 Å². The van der Waals surface area contributed by atoms with Gasteiger partial charge >= 0.3 is 0 Å². The molecule has 1 saturated heterocycles. The highest BCUT2D eigenvalue weighted by atomic mass is 35.5. The van der Waals surface area contributed by atoms with Crippen LogP contribution in [-0.4, -0.2) is 30.5 Å². The van der Waals surface area contributed by atoms with Crippen molar-refractivity contribution in [2.75, 3.05) is 19.6 Å². The molecule has 1 saturated carbocycles. The van der Waals surface area contributed by atoms with Gasteiger partial charge in [-0.1, -0.05) is 30.3 Å². The van der Waals surface area contributed by atoms with Gasteiger partial charge in [-0.3, -0.25) is 4.79 Å². The fourth-order valence-electron chi connectivity index (χ4n) is 3.77. The molecule has 4 nitrogen and oxygen atoms in total. The number of halogens is 1. The van der Waals surface area contributed by atoms with Gasteiger partial charge in [0.15, 0.2) is 0 Å². The van der Waals surface area contributed by atoms with Gasteiger partial charge in [-0.25, -0.2) is 4.98 Å². The fraction of sp³-hybridized carbons (Fsp3) is 0.474. The van der Waals surface area contributed by atoms with Crippen LogP contribution >= 0.6 is 23.7 Å². The van der Waals surface area contributed by atoms with E-state index in [1.807, 2.05) is 18.2 Å². The molecule has 1 aromatic carbocycles. The summed E-state index contributed by atoms with van der Waals surface area (Å²) in [5.41, 5.74) is 2.53. The molecule has 4 rings (SSSR count). The van der Waals surface area contributed by atoms with Crippen LogP contribution in [0.15, 0.2) is 35.7 Å². The van der Waals surface area contributed by atoms with E-state index in [4.69, 9.17) is 0 Å². The van der Waals surface area contributed by atoms with E-state index in [0.29, 0.717) is 12.0 Å². The standard InChI is InChI=1S/C19H23N3OS.ClH/c23-17(16-12-19(16)7-10-20-11-8-19)21-9-6-15-13-24-18(22-15)14-4-2-1-3-5-14;/h1-5,13,16,20H,6-12H2,(H,21,23);1H. The zero-order chi connectivity index (χ0) is 16.4. The number of aromatic nitrogens is 1. The first-order valence-electron chi connectivity index (χ1n) is 8.75. The molecule has 1 aliphatic carbocycles. The van der Waals surface area contributed by atoms with Crippen molar-refractivity contribution in [1.29, 1.82) is 0 Å². The molecule has 2 N–H and O–H groups in total.